The first kappa shape index (κ1) is 14.3. The molecule has 0 radical (unpaired) electrons. The predicted molar refractivity (Wildman–Crippen MR) is 91.8 cm³/mol. The minimum atomic E-state index is -0.386. The molecule has 0 aliphatic carbocycles. The van der Waals surface area contributed by atoms with Gasteiger partial charge in [-0.2, -0.15) is 0 Å². The SMILES string of the molecule is Oc1ccc2ncccc2c1C(Nc1ccccn1)c1ccco1. The van der Waals surface area contributed by atoms with Gasteiger partial charge in [-0.3, -0.25) is 4.98 Å². The van der Waals surface area contributed by atoms with Crippen molar-refractivity contribution in [2.45, 2.75) is 6.04 Å². The molecule has 1 unspecified atom stereocenters. The largest absolute Gasteiger partial charge is 0.508 e. The highest BCUT2D eigenvalue weighted by Crippen LogP contribution is 2.37. The fourth-order valence-electron chi connectivity index (χ4n) is 2.80. The van der Waals surface area contributed by atoms with Gasteiger partial charge in [0.25, 0.3) is 0 Å². The van der Waals surface area contributed by atoms with Gasteiger partial charge in [0.2, 0.25) is 0 Å². The summed E-state index contributed by atoms with van der Waals surface area (Å²) in [6.45, 7) is 0. The summed E-state index contributed by atoms with van der Waals surface area (Å²) in [5.41, 5.74) is 1.52. The third kappa shape index (κ3) is 2.56. The number of benzene rings is 1. The van der Waals surface area contributed by atoms with Crippen LogP contribution < -0.4 is 5.32 Å². The van der Waals surface area contributed by atoms with E-state index in [2.05, 4.69) is 15.3 Å². The van der Waals surface area contributed by atoms with Crippen molar-refractivity contribution in [1.82, 2.24) is 9.97 Å². The Bertz CT molecular complexity index is 953. The number of furan rings is 1. The van der Waals surface area contributed by atoms with Crippen molar-refractivity contribution in [3.63, 3.8) is 0 Å². The van der Waals surface area contributed by atoms with Crippen LogP contribution in [0.2, 0.25) is 0 Å². The van der Waals surface area contributed by atoms with E-state index in [1.54, 1.807) is 30.8 Å². The van der Waals surface area contributed by atoms with Gasteiger partial charge in [0, 0.05) is 23.3 Å². The van der Waals surface area contributed by atoms with Gasteiger partial charge in [0.05, 0.1) is 11.8 Å². The number of nitrogens with one attached hydrogen (secondary N) is 1. The van der Waals surface area contributed by atoms with Crippen LogP contribution in [-0.4, -0.2) is 15.1 Å². The standard InChI is InChI=1S/C19H15N3O2/c23-15-9-8-14-13(5-3-11-20-14)18(15)19(16-6-4-12-24-16)22-17-7-1-2-10-21-17/h1-12,19,23H,(H,21,22). The maximum absolute atomic E-state index is 10.5. The van der Waals surface area contributed by atoms with Crippen molar-refractivity contribution in [1.29, 1.82) is 0 Å². The lowest BCUT2D eigenvalue weighted by Gasteiger charge is -2.20. The summed E-state index contributed by atoms with van der Waals surface area (Å²) in [6, 6.07) is 16.2. The zero-order valence-corrected chi connectivity index (χ0v) is 12.8. The van der Waals surface area contributed by atoms with Crippen LogP contribution in [0.3, 0.4) is 0 Å². The minimum Gasteiger partial charge on any atom is -0.508 e. The molecule has 4 aromatic rings. The Morgan fingerprint density at radius 1 is 0.917 bits per heavy atom. The van der Waals surface area contributed by atoms with E-state index in [0.717, 1.165) is 10.9 Å². The number of aromatic nitrogens is 2. The van der Waals surface area contributed by atoms with E-state index in [4.69, 9.17) is 4.42 Å². The Hall–Kier alpha value is -3.34. The number of hydrogen-bond donors (Lipinski definition) is 2. The fraction of sp³-hybridized carbons (Fsp3) is 0.0526. The van der Waals surface area contributed by atoms with E-state index >= 15 is 0 Å². The Kier molecular flexibility index (Phi) is 3.59. The molecular formula is C19H15N3O2. The molecule has 5 nitrogen and oxygen atoms in total. The lowest BCUT2D eigenvalue weighted by atomic mass is 9.98. The van der Waals surface area contributed by atoms with Crippen LogP contribution >= 0.6 is 0 Å². The van der Waals surface area contributed by atoms with Crippen LogP contribution in [0.5, 0.6) is 5.75 Å². The second kappa shape index (κ2) is 6.04. The van der Waals surface area contributed by atoms with Gasteiger partial charge < -0.3 is 14.8 Å². The maximum Gasteiger partial charge on any atom is 0.130 e. The van der Waals surface area contributed by atoms with Crippen LogP contribution in [0, 0.1) is 0 Å². The maximum atomic E-state index is 10.5. The summed E-state index contributed by atoms with van der Waals surface area (Å²) in [5.74, 6) is 1.56. The third-order valence-electron chi connectivity index (χ3n) is 3.88. The van der Waals surface area contributed by atoms with Gasteiger partial charge in [0.15, 0.2) is 0 Å². The quantitative estimate of drug-likeness (QED) is 0.592. The summed E-state index contributed by atoms with van der Waals surface area (Å²) >= 11 is 0. The van der Waals surface area contributed by atoms with E-state index in [-0.39, 0.29) is 11.8 Å². The van der Waals surface area contributed by atoms with Gasteiger partial charge in [0.1, 0.15) is 23.4 Å². The number of phenols is 1. The average molecular weight is 317 g/mol. The molecule has 4 rings (SSSR count). The molecule has 0 bridgehead atoms. The molecule has 1 atom stereocenters. The number of pyridine rings is 2. The predicted octanol–water partition coefficient (Wildman–Crippen LogP) is 4.13. The highest BCUT2D eigenvalue weighted by atomic mass is 16.3. The average Bonchev–Trinajstić information content (AvgIpc) is 3.15. The minimum absolute atomic E-state index is 0.181. The zero-order chi connectivity index (χ0) is 16.4. The molecule has 2 N–H and O–H groups in total. The summed E-state index contributed by atoms with van der Waals surface area (Å²) in [5, 5.41) is 14.7. The van der Waals surface area contributed by atoms with Crippen molar-refractivity contribution in [2.24, 2.45) is 0 Å². The molecule has 24 heavy (non-hydrogen) atoms. The molecule has 5 heteroatoms. The molecule has 0 fully saturated rings. The Morgan fingerprint density at radius 2 is 1.83 bits per heavy atom. The molecule has 0 amide bonds. The number of rotatable bonds is 4. The molecule has 0 aliphatic heterocycles. The fourth-order valence-corrected chi connectivity index (χ4v) is 2.80. The van der Waals surface area contributed by atoms with Gasteiger partial charge in [-0.15, -0.1) is 0 Å². The summed E-state index contributed by atoms with van der Waals surface area (Å²) in [4.78, 5) is 8.68. The highest BCUT2D eigenvalue weighted by molar-refractivity contribution is 5.85. The molecule has 0 spiro atoms. The normalized spacial score (nSPS) is 12.2. The van der Waals surface area contributed by atoms with E-state index in [1.807, 2.05) is 42.5 Å². The molecular weight excluding hydrogens is 302 g/mol. The van der Waals surface area contributed by atoms with E-state index in [0.29, 0.717) is 17.1 Å². The molecule has 3 aromatic heterocycles. The number of hydrogen-bond acceptors (Lipinski definition) is 5. The molecule has 0 aliphatic rings. The summed E-state index contributed by atoms with van der Waals surface area (Å²) in [7, 11) is 0. The lowest BCUT2D eigenvalue weighted by Crippen LogP contribution is -2.13. The van der Waals surface area contributed by atoms with Crippen LogP contribution in [0.4, 0.5) is 5.82 Å². The summed E-state index contributed by atoms with van der Waals surface area (Å²) in [6.07, 6.45) is 5.06. The second-order valence-corrected chi connectivity index (χ2v) is 5.38. The first-order chi connectivity index (χ1) is 11.8. The van der Waals surface area contributed by atoms with Crippen LogP contribution in [0.25, 0.3) is 10.9 Å². The molecule has 118 valence electrons. The van der Waals surface area contributed by atoms with E-state index in [9.17, 15) is 5.11 Å². The topological polar surface area (TPSA) is 71.2 Å². The van der Waals surface area contributed by atoms with Crippen molar-refractivity contribution < 1.29 is 9.52 Å². The Morgan fingerprint density at radius 3 is 2.62 bits per heavy atom. The molecule has 1 aromatic carbocycles. The van der Waals surface area contributed by atoms with Crippen LogP contribution in [0.15, 0.2) is 77.7 Å². The van der Waals surface area contributed by atoms with Crippen molar-refractivity contribution in [3.05, 3.63) is 84.6 Å². The first-order valence-corrected chi connectivity index (χ1v) is 7.60. The first-order valence-electron chi connectivity index (χ1n) is 7.60. The molecule has 3 heterocycles. The molecule has 0 saturated heterocycles. The number of anilines is 1. The summed E-state index contributed by atoms with van der Waals surface area (Å²) < 4.78 is 5.60. The van der Waals surface area contributed by atoms with Crippen molar-refractivity contribution in [2.75, 3.05) is 5.32 Å². The number of fused-ring (bicyclic) bond motifs is 1. The van der Waals surface area contributed by atoms with E-state index in [1.165, 1.54) is 0 Å². The van der Waals surface area contributed by atoms with Crippen LogP contribution in [0.1, 0.15) is 17.4 Å². The van der Waals surface area contributed by atoms with Crippen molar-refractivity contribution >= 4 is 16.7 Å². The van der Waals surface area contributed by atoms with E-state index < -0.39 is 0 Å². The number of phenolic OH excluding ortho intramolecular Hbond substituents is 1. The zero-order valence-electron chi connectivity index (χ0n) is 12.8. The number of nitrogens with zero attached hydrogens (tertiary/aromatic N) is 2. The Labute approximate surface area is 138 Å². The third-order valence-corrected chi connectivity index (χ3v) is 3.88. The van der Waals surface area contributed by atoms with Gasteiger partial charge >= 0.3 is 0 Å². The lowest BCUT2D eigenvalue weighted by molar-refractivity contribution is 0.455. The molecule has 0 saturated carbocycles. The highest BCUT2D eigenvalue weighted by Gasteiger charge is 2.23. The monoisotopic (exact) mass is 317 g/mol. The Balaban J connectivity index is 1.90. The second-order valence-electron chi connectivity index (χ2n) is 5.38. The number of aromatic hydroxyl groups is 1. The van der Waals surface area contributed by atoms with Gasteiger partial charge in [-0.05, 0) is 42.5 Å². The van der Waals surface area contributed by atoms with Gasteiger partial charge in [-0.25, -0.2) is 4.98 Å². The van der Waals surface area contributed by atoms with Crippen LogP contribution in [-0.2, 0) is 0 Å². The van der Waals surface area contributed by atoms with Gasteiger partial charge in [-0.1, -0.05) is 12.1 Å². The van der Waals surface area contributed by atoms with Crippen molar-refractivity contribution in [3.8, 4) is 5.75 Å². The smallest absolute Gasteiger partial charge is 0.130 e.